The number of nitrogens with zero attached hydrogens (tertiary/aromatic N) is 1. The molecule has 168 valence electrons. The monoisotopic (exact) mass is 426 g/mol. The van der Waals surface area contributed by atoms with Gasteiger partial charge < -0.3 is 10.2 Å². The lowest BCUT2D eigenvalue weighted by molar-refractivity contribution is 0.316. The molecule has 0 unspecified atom stereocenters. The van der Waals surface area contributed by atoms with Crippen molar-refractivity contribution in [2.45, 2.75) is 40.0 Å². The van der Waals surface area contributed by atoms with Gasteiger partial charge in [0.05, 0.1) is 0 Å². The predicted octanol–water partition coefficient (Wildman–Crippen LogP) is 7.59. The number of unbranched alkanes of at least 4 members (excludes halogenated alkanes) is 1. The molecule has 0 aliphatic carbocycles. The predicted molar refractivity (Wildman–Crippen MR) is 141 cm³/mol. The number of anilines is 1. The van der Waals surface area contributed by atoms with E-state index in [1.807, 2.05) is 0 Å². The number of likely N-dealkylation sites (N-methyl/N-ethyl adjacent to an activating group) is 1. The van der Waals surface area contributed by atoms with E-state index in [9.17, 15) is 0 Å². The number of nitrogens with one attached hydrogen (secondary N) is 1. The minimum Gasteiger partial charge on any atom is -0.384 e. The highest BCUT2D eigenvalue weighted by atomic mass is 15.1. The minimum absolute atomic E-state index is 0.966. The van der Waals surface area contributed by atoms with Gasteiger partial charge in [-0.3, -0.25) is 0 Å². The first kappa shape index (κ1) is 23.8. The highest BCUT2D eigenvalue weighted by Crippen LogP contribution is 2.35. The molecular weight excluding hydrogens is 388 g/mol. The van der Waals surface area contributed by atoms with Crippen LogP contribution < -0.4 is 5.32 Å². The van der Waals surface area contributed by atoms with Crippen LogP contribution in [0.5, 0.6) is 0 Å². The van der Waals surface area contributed by atoms with Crippen LogP contribution in [0.1, 0.15) is 56.7 Å². The maximum atomic E-state index is 3.59. The summed E-state index contributed by atoms with van der Waals surface area (Å²) in [5.74, 6) is 0. The number of hydrogen-bond acceptors (Lipinski definition) is 2. The molecule has 0 amide bonds. The third-order valence-electron chi connectivity index (χ3n) is 6.09. The van der Waals surface area contributed by atoms with Crippen molar-refractivity contribution < 1.29 is 0 Å². The van der Waals surface area contributed by atoms with Crippen LogP contribution in [-0.2, 0) is 0 Å². The molecule has 0 spiro atoms. The van der Waals surface area contributed by atoms with E-state index < -0.39 is 0 Å². The average molecular weight is 427 g/mol. The van der Waals surface area contributed by atoms with Crippen molar-refractivity contribution in [3.8, 4) is 0 Å². The van der Waals surface area contributed by atoms with Gasteiger partial charge in [-0.05, 0) is 65.9 Å². The third-order valence-corrected chi connectivity index (χ3v) is 6.09. The van der Waals surface area contributed by atoms with Crippen molar-refractivity contribution in [1.82, 2.24) is 4.90 Å². The number of allylic oxidation sites excluding steroid dienone is 1. The van der Waals surface area contributed by atoms with Gasteiger partial charge in [0.2, 0.25) is 0 Å². The molecule has 0 fully saturated rings. The van der Waals surface area contributed by atoms with Crippen molar-refractivity contribution in [3.63, 3.8) is 0 Å². The van der Waals surface area contributed by atoms with Crippen LogP contribution in [0.4, 0.5) is 5.69 Å². The Bertz CT molecular complexity index is 939. The van der Waals surface area contributed by atoms with Gasteiger partial charge >= 0.3 is 0 Å². The Labute approximate surface area is 195 Å². The Kier molecular flexibility index (Phi) is 9.59. The molecule has 1 N–H and O–H groups in total. The second kappa shape index (κ2) is 12.9. The molecule has 2 heteroatoms. The molecule has 3 aromatic carbocycles. The summed E-state index contributed by atoms with van der Waals surface area (Å²) in [6.07, 6.45) is 3.45. The summed E-state index contributed by atoms with van der Waals surface area (Å²) in [7, 11) is 0. The molecule has 3 rings (SSSR count). The second-order valence-electron chi connectivity index (χ2n) is 8.22. The molecular formula is C30H38N2. The second-order valence-corrected chi connectivity index (χ2v) is 8.22. The lowest BCUT2D eigenvalue weighted by atomic mass is 9.87. The van der Waals surface area contributed by atoms with Gasteiger partial charge in [-0.1, -0.05) is 100.0 Å². The van der Waals surface area contributed by atoms with Gasteiger partial charge in [0.1, 0.15) is 0 Å². The van der Waals surface area contributed by atoms with Crippen LogP contribution in [0.2, 0.25) is 0 Å². The summed E-state index contributed by atoms with van der Waals surface area (Å²) in [6.45, 7) is 10.9. The van der Waals surface area contributed by atoms with Gasteiger partial charge in [-0.2, -0.15) is 0 Å². The fourth-order valence-corrected chi connectivity index (χ4v) is 4.18. The third kappa shape index (κ3) is 6.58. The van der Waals surface area contributed by atoms with Crippen LogP contribution in [0.25, 0.3) is 11.1 Å². The first-order chi connectivity index (χ1) is 15.8. The maximum Gasteiger partial charge on any atom is 0.0341 e. The van der Waals surface area contributed by atoms with E-state index in [0.29, 0.717) is 0 Å². The van der Waals surface area contributed by atoms with Crippen molar-refractivity contribution in [1.29, 1.82) is 0 Å². The first-order valence-electron chi connectivity index (χ1n) is 12.2. The van der Waals surface area contributed by atoms with Crippen molar-refractivity contribution in [2.75, 3.05) is 31.5 Å². The normalized spacial score (nSPS) is 12.0. The standard InChI is InChI=1S/C30H38N2/c1-4-7-18-29(25-14-10-8-11-15-25)30(26-16-12-9-13-17-26)27-19-21-28(22-20-27)31-23-24-32(5-2)6-3/h8-17,19-22,31H,4-7,18,23-24H2,1-3H3. The van der Waals surface area contributed by atoms with Crippen molar-refractivity contribution in [2.24, 2.45) is 0 Å². The molecule has 3 aromatic rings. The van der Waals surface area contributed by atoms with E-state index in [4.69, 9.17) is 0 Å². The van der Waals surface area contributed by atoms with Crippen LogP contribution in [0.15, 0.2) is 84.9 Å². The summed E-state index contributed by atoms with van der Waals surface area (Å²) >= 11 is 0. The van der Waals surface area contributed by atoms with Gasteiger partial charge in [0, 0.05) is 18.8 Å². The van der Waals surface area contributed by atoms with Crippen molar-refractivity contribution in [3.05, 3.63) is 102 Å². The van der Waals surface area contributed by atoms with Crippen LogP contribution >= 0.6 is 0 Å². The largest absolute Gasteiger partial charge is 0.384 e. The van der Waals surface area contributed by atoms with Gasteiger partial charge in [0.15, 0.2) is 0 Å². The molecule has 0 heterocycles. The van der Waals surface area contributed by atoms with Crippen LogP contribution in [-0.4, -0.2) is 31.1 Å². The molecule has 0 aromatic heterocycles. The van der Waals surface area contributed by atoms with Crippen molar-refractivity contribution >= 4 is 16.8 Å². The zero-order chi connectivity index (χ0) is 22.6. The highest BCUT2D eigenvalue weighted by Gasteiger charge is 2.14. The lowest BCUT2D eigenvalue weighted by Gasteiger charge is -2.19. The SMILES string of the molecule is CCCCC(=C(c1ccccc1)c1ccc(NCCN(CC)CC)cc1)c1ccccc1. The summed E-state index contributed by atoms with van der Waals surface area (Å²) in [5, 5.41) is 3.59. The molecule has 32 heavy (non-hydrogen) atoms. The Morgan fingerprint density at radius 3 is 1.81 bits per heavy atom. The fourth-order valence-electron chi connectivity index (χ4n) is 4.18. The van der Waals surface area contributed by atoms with E-state index in [0.717, 1.165) is 32.6 Å². The molecule has 0 atom stereocenters. The molecule has 0 bridgehead atoms. The molecule has 0 saturated heterocycles. The number of hydrogen-bond donors (Lipinski definition) is 1. The summed E-state index contributed by atoms with van der Waals surface area (Å²) in [5.41, 5.74) is 7.84. The van der Waals surface area contributed by atoms with E-state index in [1.54, 1.807) is 0 Å². The molecule has 0 aliphatic rings. The summed E-state index contributed by atoms with van der Waals surface area (Å²) < 4.78 is 0. The topological polar surface area (TPSA) is 15.3 Å². The Morgan fingerprint density at radius 2 is 1.25 bits per heavy atom. The zero-order valence-electron chi connectivity index (χ0n) is 20.0. The van der Waals surface area contributed by atoms with Gasteiger partial charge in [-0.15, -0.1) is 0 Å². The average Bonchev–Trinajstić information content (AvgIpc) is 2.86. The Morgan fingerprint density at radius 1 is 0.688 bits per heavy atom. The van der Waals surface area contributed by atoms with Crippen LogP contribution in [0.3, 0.4) is 0 Å². The molecule has 2 nitrogen and oxygen atoms in total. The molecule has 0 radical (unpaired) electrons. The quantitative estimate of drug-likeness (QED) is 0.300. The fraction of sp³-hybridized carbons (Fsp3) is 0.333. The number of rotatable bonds is 12. The zero-order valence-corrected chi connectivity index (χ0v) is 20.0. The van der Waals surface area contributed by atoms with Gasteiger partial charge in [0.25, 0.3) is 0 Å². The smallest absolute Gasteiger partial charge is 0.0341 e. The highest BCUT2D eigenvalue weighted by molar-refractivity contribution is 5.98. The van der Waals surface area contributed by atoms with E-state index in [1.165, 1.54) is 46.4 Å². The lowest BCUT2D eigenvalue weighted by Crippen LogP contribution is -2.28. The first-order valence-corrected chi connectivity index (χ1v) is 12.2. The van der Waals surface area contributed by atoms with Gasteiger partial charge in [-0.25, -0.2) is 0 Å². The van der Waals surface area contributed by atoms with E-state index in [2.05, 4.69) is 116 Å². The summed E-state index contributed by atoms with van der Waals surface area (Å²) in [6, 6.07) is 30.7. The Balaban J connectivity index is 1.95. The van der Waals surface area contributed by atoms with E-state index >= 15 is 0 Å². The number of benzene rings is 3. The van der Waals surface area contributed by atoms with E-state index in [-0.39, 0.29) is 0 Å². The minimum atomic E-state index is 0.966. The van der Waals surface area contributed by atoms with Crippen LogP contribution in [0, 0.1) is 0 Å². The Hall–Kier alpha value is -2.84. The summed E-state index contributed by atoms with van der Waals surface area (Å²) in [4.78, 5) is 2.44. The molecule has 0 saturated carbocycles. The molecule has 0 aliphatic heterocycles. The maximum absolute atomic E-state index is 3.59.